The second-order valence-corrected chi connectivity index (χ2v) is 6.30. The second kappa shape index (κ2) is 5.35. The number of H-pyrrole nitrogens is 1. The largest absolute Gasteiger partial charge is 0.326 e. The van der Waals surface area contributed by atoms with E-state index in [2.05, 4.69) is 19.8 Å². The summed E-state index contributed by atoms with van der Waals surface area (Å²) in [5.41, 5.74) is 5.99. The van der Waals surface area contributed by atoms with E-state index in [4.69, 9.17) is 5.73 Å². The first kappa shape index (κ1) is 13.5. The smallest absolute Gasteiger partial charge is 0.258 e. The number of aromatic amines is 1. The van der Waals surface area contributed by atoms with Gasteiger partial charge in [0.2, 0.25) is 0 Å². The lowest BCUT2D eigenvalue weighted by Crippen LogP contribution is -2.46. The van der Waals surface area contributed by atoms with Crippen LogP contribution in [-0.2, 0) is 16.6 Å². The number of aromatic nitrogens is 2. The lowest BCUT2D eigenvalue weighted by Gasteiger charge is -2.29. The Labute approximate surface area is 107 Å². The Morgan fingerprint density at radius 1 is 1.67 bits per heavy atom. The molecule has 1 fully saturated rings. The normalized spacial score (nSPS) is 22.2. The predicted molar refractivity (Wildman–Crippen MR) is 67.3 cm³/mol. The highest BCUT2D eigenvalue weighted by Crippen LogP contribution is 2.14. The van der Waals surface area contributed by atoms with Crippen molar-refractivity contribution >= 4 is 10.0 Å². The second-order valence-electron chi connectivity index (χ2n) is 4.65. The highest BCUT2D eigenvalue weighted by atomic mass is 32.2. The first-order valence-electron chi connectivity index (χ1n) is 5.96. The maximum atomic E-state index is 12.2. The number of nitrogens with one attached hydrogen (secondary N) is 2. The third kappa shape index (κ3) is 2.89. The molecule has 0 bridgehead atoms. The van der Waals surface area contributed by atoms with Crippen molar-refractivity contribution in [2.75, 3.05) is 20.1 Å². The molecule has 0 saturated carbocycles. The quantitative estimate of drug-likeness (QED) is 0.669. The van der Waals surface area contributed by atoms with Crippen molar-refractivity contribution in [3.05, 3.63) is 11.8 Å². The summed E-state index contributed by atoms with van der Waals surface area (Å²) in [4.78, 5) is 2.12. The molecule has 1 aromatic rings. The molecular weight excluding hydrogens is 254 g/mol. The van der Waals surface area contributed by atoms with Gasteiger partial charge in [0.05, 0.1) is 6.20 Å². The summed E-state index contributed by atoms with van der Waals surface area (Å²) in [6.45, 7) is 1.89. The molecule has 1 aliphatic heterocycles. The fraction of sp³-hybridized carbons (Fsp3) is 0.700. The number of hydrogen-bond donors (Lipinski definition) is 3. The van der Waals surface area contributed by atoms with Crippen molar-refractivity contribution < 1.29 is 8.42 Å². The standard InChI is InChI=1S/C10H19N5O2S/c1-15-4-2-3-9(7-15)14-18(16,17)10-8(5-11)6-12-13-10/h6,9,14H,2-5,7,11H2,1H3,(H,12,13). The first-order chi connectivity index (χ1) is 8.53. The monoisotopic (exact) mass is 273 g/mol. The average Bonchev–Trinajstić information content (AvgIpc) is 2.77. The minimum atomic E-state index is -3.56. The number of nitrogens with zero attached hydrogens (tertiary/aromatic N) is 2. The number of piperidine rings is 1. The van der Waals surface area contributed by atoms with Gasteiger partial charge in [-0.1, -0.05) is 0 Å². The lowest BCUT2D eigenvalue weighted by atomic mass is 10.1. The number of likely N-dealkylation sites (tertiary alicyclic amines) is 1. The SMILES string of the molecule is CN1CCCC(NS(=O)(=O)c2[nH]ncc2CN)C1. The fourth-order valence-electron chi connectivity index (χ4n) is 2.22. The van der Waals surface area contributed by atoms with E-state index in [1.807, 2.05) is 7.05 Å². The minimum absolute atomic E-state index is 0.0531. The van der Waals surface area contributed by atoms with E-state index in [9.17, 15) is 8.42 Å². The van der Waals surface area contributed by atoms with Gasteiger partial charge < -0.3 is 10.6 Å². The molecule has 2 rings (SSSR count). The molecule has 0 aliphatic carbocycles. The van der Waals surface area contributed by atoms with Crippen LogP contribution < -0.4 is 10.5 Å². The Morgan fingerprint density at radius 2 is 2.44 bits per heavy atom. The molecule has 1 atom stereocenters. The number of rotatable bonds is 4. The van der Waals surface area contributed by atoms with Gasteiger partial charge in [-0.15, -0.1) is 0 Å². The van der Waals surface area contributed by atoms with Crippen LogP contribution in [0.2, 0.25) is 0 Å². The predicted octanol–water partition coefficient (Wildman–Crippen LogP) is -0.759. The number of nitrogens with two attached hydrogens (primary N) is 1. The van der Waals surface area contributed by atoms with E-state index in [-0.39, 0.29) is 17.6 Å². The molecule has 7 nitrogen and oxygen atoms in total. The van der Waals surface area contributed by atoms with Gasteiger partial charge in [-0.2, -0.15) is 5.10 Å². The molecule has 2 heterocycles. The van der Waals surface area contributed by atoms with Gasteiger partial charge in [0.15, 0.2) is 5.03 Å². The van der Waals surface area contributed by atoms with Gasteiger partial charge in [-0.05, 0) is 26.4 Å². The zero-order valence-corrected chi connectivity index (χ0v) is 11.2. The molecule has 0 radical (unpaired) electrons. The summed E-state index contributed by atoms with van der Waals surface area (Å²) >= 11 is 0. The van der Waals surface area contributed by atoms with Crippen LogP contribution in [0.5, 0.6) is 0 Å². The Bertz CT molecular complexity index is 498. The van der Waals surface area contributed by atoms with Crippen LogP contribution in [-0.4, -0.2) is 49.7 Å². The maximum absolute atomic E-state index is 12.2. The van der Waals surface area contributed by atoms with Crippen LogP contribution in [0, 0.1) is 0 Å². The highest BCUT2D eigenvalue weighted by molar-refractivity contribution is 7.89. The Hall–Kier alpha value is -0.960. The molecule has 102 valence electrons. The van der Waals surface area contributed by atoms with Crippen molar-refractivity contribution in [1.29, 1.82) is 0 Å². The van der Waals surface area contributed by atoms with E-state index in [0.29, 0.717) is 5.56 Å². The minimum Gasteiger partial charge on any atom is -0.326 e. The summed E-state index contributed by atoms with van der Waals surface area (Å²) in [5, 5.41) is 6.32. The van der Waals surface area contributed by atoms with Gasteiger partial charge in [0.25, 0.3) is 10.0 Å². The lowest BCUT2D eigenvalue weighted by molar-refractivity contribution is 0.242. The van der Waals surface area contributed by atoms with E-state index in [1.54, 1.807) is 0 Å². The van der Waals surface area contributed by atoms with Crippen molar-refractivity contribution in [1.82, 2.24) is 19.8 Å². The summed E-state index contributed by atoms with van der Waals surface area (Å²) < 4.78 is 27.1. The Balaban J connectivity index is 2.12. The number of likely N-dealkylation sites (N-methyl/N-ethyl adjacent to an activating group) is 1. The van der Waals surface area contributed by atoms with Crippen LogP contribution in [0.4, 0.5) is 0 Å². The van der Waals surface area contributed by atoms with Crippen molar-refractivity contribution in [3.63, 3.8) is 0 Å². The molecule has 0 spiro atoms. The third-order valence-corrected chi connectivity index (χ3v) is 4.65. The fourth-order valence-corrected chi connectivity index (χ4v) is 3.62. The molecule has 8 heteroatoms. The molecule has 4 N–H and O–H groups in total. The van der Waals surface area contributed by atoms with Crippen molar-refractivity contribution in [2.45, 2.75) is 30.5 Å². The average molecular weight is 273 g/mol. The summed E-state index contributed by atoms with van der Waals surface area (Å²) in [5.74, 6) is 0. The third-order valence-electron chi connectivity index (χ3n) is 3.11. The molecule has 0 amide bonds. The summed E-state index contributed by atoms with van der Waals surface area (Å²) in [7, 11) is -1.57. The van der Waals surface area contributed by atoms with Crippen LogP contribution in [0.3, 0.4) is 0 Å². The van der Waals surface area contributed by atoms with Crippen molar-refractivity contribution in [2.24, 2.45) is 5.73 Å². The van der Waals surface area contributed by atoms with E-state index < -0.39 is 10.0 Å². The number of hydrogen-bond acceptors (Lipinski definition) is 5. The van der Waals surface area contributed by atoms with E-state index in [1.165, 1.54) is 6.20 Å². The summed E-state index contributed by atoms with van der Waals surface area (Å²) in [6, 6.07) is -0.0531. The molecule has 1 unspecified atom stereocenters. The molecule has 1 aromatic heterocycles. The maximum Gasteiger partial charge on any atom is 0.258 e. The van der Waals surface area contributed by atoms with Crippen LogP contribution >= 0.6 is 0 Å². The highest BCUT2D eigenvalue weighted by Gasteiger charge is 2.26. The molecule has 18 heavy (non-hydrogen) atoms. The van der Waals surface area contributed by atoms with Crippen LogP contribution in [0.25, 0.3) is 0 Å². The van der Waals surface area contributed by atoms with E-state index in [0.717, 1.165) is 25.9 Å². The van der Waals surface area contributed by atoms with Gasteiger partial charge in [-0.25, -0.2) is 13.1 Å². The number of sulfonamides is 1. The van der Waals surface area contributed by atoms with Crippen LogP contribution in [0.15, 0.2) is 11.2 Å². The molecule has 0 aromatic carbocycles. The zero-order valence-electron chi connectivity index (χ0n) is 10.4. The molecular formula is C10H19N5O2S. The van der Waals surface area contributed by atoms with Gasteiger partial charge in [0, 0.05) is 24.7 Å². The first-order valence-corrected chi connectivity index (χ1v) is 7.44. The van der Waals surface area contributed by atoms with Gasteiger partial charge in [0.1, 0.15) is 0 Å². The van der Waals surface area contributed by atoms with Gasteiger partial charge in [-0.3, -0.25) is 5.10 Å². The Kier molecular flexibility index (Phi) is 4.00. The Morgan fingerprint density at radius 3 is 3.11 bits per heavy atom. The van der Waals surface area contributed by atoms with Crippen molar-refractivity contribution in [3.8, 4) is 0 Å². The molecule has 1 aliphatic rings. The van der Waals surface area contributed by atoms with Gasteiger partial charge >= 0.3 is 0 Å². The zero-order chi connectivity index (χ0) is 13.2. The molecule has 1 saturated heterocycles. The summed E-state index contributed by atoms with van der Waals surface area (Å²) in [6.07, 6.45) is 3.30. The van der Waals surface area contributed by atoms with Crippen LogP contribution in [0.1, 0.15) is 18.4 Å². The van der Waals surface area contributed by atoms with E-state index >= 15 is 0 Å². The topological polar surface area (TPSA) is 104 Å².